The highest BCUT2D eigenvalue weighted by Gasteiger charge is 2.33. The first-order valence-corrected chi connectivity index (χ1v) is 8.73. The average molecular weight is 388 g/mol. The minimum Gasteiger partial charge on any atom is -0.466 e. The second kappa shape index (κ2) is 7.81. The van der Waals surface area contributed by atoms with Gasteiger partial charge in [0.1, 0.15) is 23.1 Å². The van der Waals surface area contributed by atoms with Gasteiger partial charge in [0.05, 0.1) is 26.4 Å². The van der Waals surface area contributed by atoms with Crippen LogP contribution in [0.15, 0.2) is 34.4 Å². The molecule has 1 heterocycles. The quantitative estimate of drug-likeness (QED) is 0.709. The van der Waals surface area contributed by atoms with Gasteiger partial charge in [-0.15, -0.1) is 0 Å². The number of carbonyl (C=O) groups excluding carboxylic acids is 2. The van der Waals surface area contributed by atoms with Crippen LogP contribution in [0, 0.1) is 5.82 Å². The van der Waals surface area contributed by atoms with E-state index in [1.807, 2.05) is 4.72 Å². The zero-order valence-corrected chi connectivity index (χ0v) is 15.1. The molecule has 0 fully saturated rings. The molecule has 9 nitrogen and oxygen atoms in total. The van der Waals surface area contributed by atoms with Crippen molar-refractivity contribution < 1.29 is 36.6 Å². The van der Waals surface area contributed by atoms with Crippen molar-refractivity contribution in [3.05, 3.63) is 35.3 Å². The zero-order valence-electron chi connectivity index (χ0n) is 14.2. The van der Waals surface area contributed by atoms with Gasteiger partial charge in [-0.1, -0.05) is 0 Å². The minimum absolute atomic E-state index is 0.104. The van der Waals surface area contributed by atoms with Gasteiger partial charge >= 0.3 is 11.9 Å². The van der Waals surface area contributed by atoms with Gasteiger partial charge in [0, 0.05) is 5.69 Å². The van der Waals surface area contributed by atoms with Crippen molar-refractivity contribution >= 4 is 27.6 Å². The summed E-state index contributed by atoms with van der Waals surface area (Å²) in [6.45, 7) is -0.383. The van der Waals surface area contributed by atoms with Crippen molar-refractivity contribution in [1.29, 1.82) is 0 Å². The maximum Gasteiger partial charge on any atom is 0.355 e. The molecule has 2 rings (SSSR count). The standard InChI is InChI=1S/C15H17FN2O7S/c1-17-26(21,22)12-6-9(4-5-11(12)16)18-8-25-7-10(14(19)23-2)13(18)15(20)24-3/h4-6,17H,7-8H2,1-3H3. The van der Waals surface area contributed by atoms with Gasteiger partial charge in [-0.25, -0.2) is 27.1 Å². The first-order chi connectivity index (χ1) is 12.3. The Morgan fingerprint density at radius 2 is 1.88 bits per heavy atom. The number of nitrogens with zero attached hydrogens (tertiary/aromatic N) is 1. The van der Waals surface area contributed by atoms with Crippen LogP contribution in [0.3, 0.4) is 0 Å². The van der Waals surface area contributed by atoms with Crippen LogP contribution >= 0.6 is 0 Å². The number of sulfonamides is 1. The second-order valence-corrected chi connectivity index (χ2v) is 6.89. The van der Waals surface area contributed by atoms with Crippen LogP contribution in [-0.4, -0.2) is 55.0 Å². The summed E-state index contributed by atoms with van der Waals surface area (Å²) in [5.41, 5.74) is -0.167. The molecular formula is C15H17FN2O7S. The minimum atomic E-state index is -4.08. The largest absolute Gasteiger partial charge is 0.466 e. The number of nitrogens with one attached hydrogen (secondary N) is 1. The molecule has 1 aliphatic heterocycles. The third-order valence-electron chi connectivity index (χ3n) is 3.62. The lowest BCUT2D eigenvalue weighted by atomic mass is 10.1. The van der Waals surface area contributed by atoms with Gasteiger partial charge in [-0.05, 0) is 25.2 Å². The lowest BCUT2D eigenvalue weighted by Gasteiger charge is -2.31. The summed E-state index contributed by atoms with van der Waals surface area (Å²) in [5, 5.41) is 0. The van der Waals surface area contributed by atoms with Crippen molar-refractivity contribution in [3.8, 4) is 0 Å². The Balaban J connectivity index is 2.64. The van der Waals surface area contributed by atoms with Crippen LogP contribution < -0.4 is 9.62 Å². The Labute approximate surface area is 149 Å². The molecule has 11 heteroatoms. The van der Waals surface area contributed by atoms with Crippen LogP contribution in [-0.2, 0) is 33.8 Å². The number of anilines is 1. The molecule has 1 aromatic rings. The van der Waals surface area contributed by atoms with E-state index in [9.17, 15) is 22.4 Å². The molecule has 1 N–H and O–H groups in total. The number of hydrogen-bond donors (Lipinski definition) is 1. The molecule has 0 spiro atoms. The molecule has 1 aliphatic rings. The smallest absolute Gasteiger partial charge is 0.355 e. The maximum atomic E-state index is 14.0. The zero-order chi connectivity index (χ0) is 19.5. The van der Waals surface area contributed by atoms with Gasteiger partial charge in [0.15, 0.2) is 0 Å². The van der Waals surface area contributed by atoms with E-state index in [0.29, 0.717) is 0 Å². The van der Waals surface area contributed by atoms with Crippen molar-refractivity contribution in [3.63, 3.8) is 0 Å². The van der Waals surface area contributed by atoms with Gasteiger partial charge in [0.2, 0.25) is 10.0 Å². The normalized spacial score (nSPS) is 15.0. The van der Waals surface area contributed by atoms with Crippen molar-refractivity contribution in [2.45, 2.75) is 4.90 Å². The first-order valence-electron chi connectivity index (χ1n) is 7.25. The van der Waals surface area contributed by atoms with Crippen LogP contribution in [0.1, 0.15) is 0 Å². The fourth-order valence-corrected chi connectivity index (χ4v) is 3.14. The molecule has 0 radical (unpaired) electrons. The Kier molecular flexibility index (Phi) is 5.95. The molecule has 0 saturated carbocycles. The van der Waals surface area contributed by atoms with E-state index in [1.54, 1.807) is 0 Å². The molecular weight excluding hydrogens is 371 g/mol. The van der Waals surface area contributed by atoms with Crippen molar-refractivity contribution in [2.75, 3.05) is 39.5 Å². The predicted octanol–water partition coefficient (Wildman–Crippen LogP) is 0.128. The van der Waals surface area contributed by atoms with E-state index in [0.717, 1.165) is 33.4 Å². The Hall–Kier alpha value is -2.50. The predicted molar refractivity (Wildman–Crippen MR) is 87.0 cm³/mol. The monoisotopic (exact) mass is 388 g/mol. The summed E-state index contributed by atoms with van der Waals surface area (Å²) in [6.07, 6.45) is 0. The van der Waals surface area contributed by atoms with Crippen LogP contribution in [0.25, 0.3) is 0 Å². The molecule has 0 aliphatic carbocycles. The molecule has 0 amide bonds. The molecule has 0 saturated heterocycles. The lowest BCUT2D eigenvalue weighted by Crippen LogP contribution is -2.39. The van der Waals surface area contributed by atoms with Crippen LogP contribution in [0.2, 0.25) is 0 Å². The number of benzene rings is 1. The third-order valence-corrected chi connectivity index (χ3v) is 5.05. The fourth-order valence-electron chi connectivity index (χ4n) is 2.32. The summed E-state index contributed by atoms with van der Waals surface area (Å²) in [7, 11) is -0.683. The number of ether oxygens (including phenoxy) is 3. The summed E-state index contributed by atoms with van der Waals surface area (Å²) in [4.78, 5) is 24.7. The molecule has 0 bridgehead atoms. The second-order valence-electron chi connectivity index (χ2n) is 5.04. The fraction of sp³-hybridized carbons (Fsp3) is 0.333. The molecule has 26 heavy (non-hydrogen) atoms. The van der Waals surface area contributed by atoms with Gasteiger partial charge in [-0.2, -0.15) is 0 Å². The van der Waals surface area contributed by atoms with Gasteiger partial charge in [-0.3, -0.25) is 0 Å². The highest BCUT2D eigenvalue weighted by Crippen LogP contribution is 2.29. The number of halogens is 1. The molecule has 0 aromatic heterocycles. The Bertz CT molecular complexity index is 867. The average Bonchev–Trinajstić information content (AvgIpc) is 2.66. The highest BCUT2D eigenvalue weighted by molar-refractivity contribution is 7.89. The maximum absolute atomic E-state index is 14.0. The van der Waals surface area contributed by atoms with Crippen molar-refractivity contribution in [1.82, 2.24) is 4.72 Å². The number of esters is 2. The number of carbonyl (C=O) groups is 2. The lowest BCUT2D eigenvalue weighted by molar-refractivity contribution is -0.140. The SMILES string of the molecule is CNS(=O)(=O)c1cc(N2COCC(C(=O)OC)=C2C(=O)OC)ccc1F. The van der Waals surface area contributed by atoms with E-state index < -0.39 is 32.7 Å². The van der Waals surface area contributed by atoms with Crippen LogP contribution in [0.5, 0.6) is 0 Å². The van der Waals surface area contributed by atoms with E-state index in [1.165, 1.54) is 11.0 Å². The van der Waals surface area contributed by atoms with Gasteiger partial charge < -0.3 is 19.1 Å². The number of hydrogen-bond acceptors (Lipinski definition) is 8. The van der Waals surface area contributed by atoms with Gasteiger partial charge in [0.25, 0.3) is 0 Å². The Morgan fingerprint density at radius 3 is 2.46 bits per heavy atom. The Morgan fingerprint density at radius 1 is 1.23 bits per heavy atom. The summed E-state index contributed by atoms with van der Waals surface area (Å²) < 4.78 is 54.5. The molecule has 142 valence electrons. The van der Waals surface area contributed by atoms with E-state index in [4.69, 9.17) is 9.47 Å². The summed E-state index contributed by atoms with van der Waals surface area (Å²) in [5.74, 6) is -2.63. The first kappa shape index (κ1) is 19.8. The topological polar surface area (TPSA) is 111 Å². The number of rotatable bonds is 5. The molecule has 1 aromatic carbocycles. The van der Waals surface area contributed by atoms with Crippen LogP contribution in [0.4, 0.5) is 10.1 Å². The third kappa shape index (κ3) is 3.69. The van der Waals surface area contributed by atoms with E-state index in [-0.39, 0.29) is 30.3 Å². The molecule has 0 unspecified atom stereocenters. The summed E-state index contributed by atoms with van der Waals surface area (Å²) in [6, 6.07) is 3.20. The number of methoxy groups -OCH3 is 2. The molecule has 0 atom stereocenters. The summed E-state index contributed by atoms with van der Waals surface area (Å²) >= 11 is 0. The van der Waals surface area contributed by atoms with E-state index in [2.05, 4.69) is 4.74 Å². The van der Waals surface area contributed by atoms with E-state index >= 15 is 0 Å². The highest BCUT2D eigenvalue weighted by atomic mass is 32.2. The van der Waals surface area contributed by atoms with Crippen molar-refractivity contribution in [2.24, 2.45) is 0 Å².